The first-order valence-corrected chi connectivity index (χ1v) is 8.37. The predicted molar refractivity (Wildman–Crippen MR) is 85.2 cm³/mol. The van der Waals surface area contributed by atoms with Gasteiger partial charge < -0.3 is 5.73 Å². The Balaban J connectivity index is 2.32. The summed E-state index contributed by atoms with van der Waals surface area (Å²) in [7, 11) is -3.66. The number of anilines is 2. The summed E-state index contributed by atoms with van der Waals surface area (Å²) in [6.45, 7) is 2.04. The lowest BCUT2D eigenvalue weighted by Crippen LogP contribution is -2.14. The van der Waals surface area contributed by atoms with Gasteiger partial charge in [0.15, 0.2) is 0 Å². The Morgan fingerprint density at radius 2 is 1.80 bits per heavy atom. The lowest BCUT2D eigenvalue weighted by molar-refractivity contribution is 0.601. The third-order valence-corrected chi connectivity index (χ3v) is 5.23. The molecule has 0 aliphatic heterocycles. The third kappa shape index (κ3) is 3.32. The highest BCUT2D eigenvalue weighted by Crippen LogP contribution is 2.26. The SMILES string of the molecule is CCc1ccc(NS(=O)(=O)c2cc(N)ccc2Br)cc1. The van der Waals surface area contributed by atoms with Crippen LogP contribution in [0.25, 0.3) is 0 Å². The van der Waals surface area contributed by atoms with Gasteiger partial charge in [-0.3, -0.25) is 4.72 Å². The van der Waals surface area contributed by atoms with Crippen LogP contribution < -0.4 is 10.5 Å². The van der Waals surface area contributed by atoms with Gasteiger partial charge in [0.1, 0.15) is 4.90 Å². The quantitative estimate of drug-likeness (QED) is 0.826. The van der Waals surface area contributed by atoms with Crippen LogP contribution >= 0.6 is 15.9 Å². The minimum absolute atomic E-state index is 0.122. The predicted octanol–water partition coefficient (Wildman–Crippen LogP) is 3.39. The van der Waals surface area contributed by atoms with E-state index in [4.69, 9.17) is 5.73 Å². The summed E-state index contributed by atoms with van der Waals surface area (Å²) in [5.41, 5.74) is 7.72. The number of nitrogens with two attached hydrogens (primary N) is 1. The lowest BCUT2D eigenvalue weighted by Gasteiger charge is -2.10. The number of hydrogen-bond acceptors (Lipinski definition) is 3. The maximum Gasteiger partial charge on any atom is 0.263 e. The van der Waals surface area contributed by atoms with Crippen LogP contribution in [0.4, 0.5) is 11.4 Å². The van der Waals surface area contributed by atoms with Gasteiger partial charge in [-0.05, 0) is 58.2 Å². The van der Waals surface area contributed by atoms with Gasteiger partial charge in [0, 0.05) is 15.8 Å². The van der Waals surface area contributed by atoms with E-state index in [0.717, 1.165) is 12.0 Å². The van der Waals surface area contributed by atoms with E-state index < -0.39 is 10.0 Å². The van der Waals surface area contributed by atoms with Crippen molar-refractivity contribution in [3.63, 3.8) is 0 Å². The molecule has 0 radical (unpaired) electrons. The van der Waals surface area contributed by atoms with Gasteiger partial charge in [-0.25, -0.2) is 8.42 Å². The topological polar surface area (TPSA) is 72.2 Å². The van der Waals surface area contributed by atoms with Crippen molar-refractivity contribution in [3.05, 3.63) is 52.5 Å². The first kappa shape index (κ1) is 14.9. The number of nitrogens with one attached hydrogen (secondary N) is 1. The smallest absolute Gasteiger partial charge is 0.263 e. The molecule has 0 fully saturated rings. The average molecular weight is 355 g/mol. The molecule has 0 aliphatic rings. The normalized spacial score (nSPS) is 11.3. The van der Waals surface area contributed by atoms with E-state index in [1.165, 1.54) is 6.07 Å². The Morgan fingerprint density at radius 3 is 2.40 bits per heavy atom. The Kier molecular flexibility index (Phi) is 4.35. The summed E-state index contributed by atoms with van der Waals surface area (Å²) in [6.07, 6.45) is 0.911. The standard InChI is InChI=1S/C14H15BrN2O2S/c1-2-10-3-6-12(7-4-10)17-20(18,19)14-9-11(16)5-8-13(14)15/h3-9,17H,2,16H2,1H3. The lowest BCUT2D eigenvalue weighted by atomic mass is 10.2. The molecule has 0 unspecified atom stereocenters. The molecule has 3 N–H and O–H groups in total. The fourth-order valence-electron chi connectivity index (χ4n) is 1.74. The number of aryl methyl sites for hydroxylation is 1. The first-order valence-electron chi connectivity index (χ1n) is 6.09. The van der Waals surface area contributed by atoms with Crippen molar-refractivity contribution in [2.75, 3.05) is 10.5 Å². The van der Waals surface area contributed by atoms with Gasteiger partial charge >= 0.3 is 0 Å². The van der Waals surface area contributed by atoms with E-state index >= 15 is 0 Å². The first-order chi connectivity index (χ1) is 9.42. The second-order valence-corrected chi connectivity index (χ2v) is 6.85. The molecular formula is C14H15BrN2O2S. The van der Waals surface area contributed by atoms with Crippen molar-refractivity contribution in [2.24, 2.45) is 0 Å². The van der Waals surface area contributed by atoms with Gasteiger partial charge in [0.05, 0.1) is 0 Å². The molecule has 2 aromatic rings. The van der Waals surface area contributed by atoms with Crippen LogP contribution in [0, 0.1) is 0 Å². The van der Waals surface area contributed by atoms with Crippen LogP contribution in [0.2, 0.25) is 0 Å². The zero-order valence-electron chi connectivity index (χ0n) is 10.9. The summed E-state index contributed by atoms with van der Waals surface area (Å²) >= 11 is 3.23. The maximum atomic E-state index is 12.3. The van der Waals surface area contributed by atoms with Crippen molar-refractivity contribution in [3.8, 4) is 0 Å². The van der Waals surface area contributed by atoms with E-state index in [9.17, 15) is 8.42 Å². The molecule has 0 saturated heterocycles. The van der Waals surface area contributed by atoms with E-state index in [1.807, 2.05) is 19.1 Å². The summed E-state index contributed by atoms with van der Waals surface area (Å²) in [6, 6.07) is 12.0. The second-order valence-electron chi connectivity index (χ2n) is 4.35. The molecule has 2 aromatic carbocycles. The minimum atomic E-state index is -3.66. The maximum absolute atomic E-state index is 12.3. The van der Waals surface area contributed by atoms with Crippen LogP contribution in [-0.2, 0) is 16.4 Å². The van der Waals surface area contributed by atoms with Crippen LogP contribution in [0.5, 0.6) is 0 Å². The highest BCUT2D eigenvalue weighted by Gasteiger charge is 2.18. The van der Waals surface area contributed by atoms with Gasteiger partial charge in [-0.2, -0.15) is 0 Å². The van der Waals surface area contributed by atoms with Gasteiger partial charge in [0.2, 0.25) is 0 Å². The third-order valence-electron chi connectivity index (χ3n) is 2.86. The fourth-order valence-corrected chi connectivity index (χ4v) is 3.80. The number of nitrogen functional groups attached to an aromatic ring is 1. The monoisotopic (exact) mass is 354 g/mol. The van der Waals surface area contributed by atoms with Crippen molar-refractivity contribution in [1.82, 2.24) is 0 Å². The Morgan fingerprint density at radius 1 is 1.15 bits per heavy atom. The highest BCUT2D eigenvalue weighted by molar-refractivity contribution is 9.10. The van der Waals surface area contributed by atoms with Crippen LogP contribution in [0.1, 0.15) is 12.5 Å². The molecule has 0 amide bonds. The molecule has 0 bridgehead atoms. The van der Waals surface area contributed by atoms with Crippen molar-refractivity contribution < 1.29 is 8.42 Å². The van der Waals surface area contributed by atoms with Crippen molar-refractivity contribution >= 4 is 37.3 Å². The number of halogens is 1. The molecule has 0 atom stereocenters. The van der Waals surface area contributed by atoms with Crippen molar-refractivity contribution in [2.45, 2.75) is 18.2 Å². The zero-order valence-corrected chi connectivity index (χ0v) is 13.3. The molecule has 0 saturated carbocycles. The molecule has 0 aliphatic carbocycles. The molecule has 0 heterocycles. The summed E-state index contributed by atoms with van der Waals surface area (Å²) in [5.74, 6) is 0. The number of sulfonamides is 1. The van der Waals surface area contributed by atoms with E-state index in [-0.39, 0.29) is 4.90 Å². The van der Waals surface area contributed by atoms with E-state index in [1.54, 1.807) is 24.3 Å². The molecular weight excluding hydrogens is 340 g/mol. The summed E-state index contributed by atoms with van der Waals surface area (Å²) in [5, 5.41) is 0. The molecule has 20 heavy (non-hydrogen) atoms. The van der Waals surface area contributed by atoms with E-state index in [0.29, 0.717) is 15.8 Å². The summed E-state index contributed by atoms with van der Waals surface area (Å²) < 4.78 is 27.7. The molecule has 2 rings (SSSR count). The molecule has 106 valence electrons. The van der Waals surface area contributed by atoms with Crippen LogP contribution in [0.3, 0.4) is 0 Å². The van der Waals surface area contributed by atoms with Crippen LogP contribution in [-0.4, -0.2) is 8.42 Å². The fraction of sp³-hybridized carbons (Fsp3) is 0.143. The molecule has 0 aromatic heterocycles. The van der Waals surface area contributed by atoms with Gasteiger partial charge in [-0.15, -0.1) is 0 Å². The molecule has 4 nitrogen and oxygen atoms in total. The van der Waals surface area contributed by atoms with Gasteiger partial charge in [-0.1, -0.05) is 19.1 Å². The summed E-state index contributed by atoms with van der Waals surface area (Å²) in [4.78, 5) is 0.122. The molecule has 6 heteroatoms. The number of rotatable bonds is 4. The van der Waals surface area contributed by atoms with Crippen LogP contribution in [0.15, 0.2) is 51.8 Å². The highest BCUT2D eigenvalue weighted by atomic mass is 79.9. The Hall–Kier alpha value is -1.53. The van der Waals surface area contributed by atoms with Crippen molar-refractivity contribution in [1.29, 1.82) is 0 Å². The van der Waals surface area contributed by atoms with E-state index in [2.05, 4.69) is 20.7 Å². The largest absolute Gasteiger partial charge is 0.399 e. The second kappa shape index (κ2) is 5.85. The Labute approximate surface area is 127 Å². The average Bonchev–Trinajstić information content (AvgIpc) is 2.42. The van der Waals surface area contributed by atoms with Gasteiger partial charge in [0.25, 0.3) is 10.0 Å². The number of benzene rings is 2. The molecule has 0 spiro atoms. The Bertz CT molecular complexity index is 712. The minimum Gasteiger partial charge on any atom is -0.399 e. The number of hydrogen-bond donors (Lipinski definition) is 2. The zero-order chi connectivity index (χ0) is 14.8.